The maximum atomic E-state index is 13.8. The predicted molar refractivity (Wildman–Crippen MR) is 90.2 cm³/mol. The summed E-state index contributed by atoms with van der Waals surface area (Å²) in [6.45, 7) is 2.01. The largest absolute Gasteiger partial charge is 0.324 e. The van der Waals surface area contributed by atoms with Crippen molar-refractivity contribution in [2.45, 2.75) is 25.3 Å². The van der Waals surface area contributed by atoms with Gasteiger partial charge in [0.25, 0.3) is 0 Å². The first-order valence-electron chi connectivity index (χ1n) is 6.16. The van der Waals surface area contributed by atoms with Gasteiger partial charge in [0.15, 0.2) is 0 Å². The summed E-state index contributed by atoms with van der Waals surface area (Å²) in [5, 5.41) is 0. The zero-order chi connectivity index (χ0) is 14.9. The maximum Gasteiger partial charge on any atom is 0.138 e. The van der Waals surface area contributed by atoms with Crippen molar-refractivity contribution in [1.82, 2.24) is 9.55 Å². The van der Waals surface area contributed by atoms with Crippen LogP contribution in [0.25, 0.3) is 11.0 Å². The van der Waals surface area contributed by atoms with Gasteiger partial charge in [-0.1, -0.05) is 0 Å². The van der Waals surface area contributed by atoms with Crippen LogP contribution in [0, 0.1) is 9.39 Å². The molecule has 0 saturated carbocycles. The minimum Gasteiger partial charge on any atom is -0.324 e. The second-order valence-corrected chi connectivity index (χ2v) is 7.69. The molecule has 0 spiro atoms. The summed E-state index contributed by atoms with van der Waals surface area (Å²) in [5.74, 6) is 1.34. The highest BCUT2D eigenvalue weighted by molar-refractivity contribution is 14.1. The van der Waals surface area contributed by atoms with E-state index in [-0.39, 0.29) is 17.7 Å². The highest BCUT2D eigenvalue weighted by atomic mass is 127. The highest BCUT2D eigenvalue weighted by Crippen LogP contribution is 2.27. The number of alkyl halides is 1. The van der Waals surface area contributed by atoms with Gasteiger partial charge < -0.3 is 4.57 Å². The first-order valence-corrected chi connectivity index (χ1v) is 9.50. The molecule has 2 atom stereocenters. The number of rotatable bonds is 5. The van der Waals surface area contributed by atoms with E-state index in [1.807, 2.05) is 34.1 Å². The number of nitrogens with zero attached hydrogens (tertiary/aromatic N) is 2. The summed E-state index contributed by atoms with van der Waals surface area (Å²) in [4.78, 5) is 4.46. The van der Waals surface area contributed by atoms with Crippen molar-refractivity contribution < 1.29 is 8.60 Å². The Morgan fingerprint density at radius 3 is 2.85 bits per heavy atom. The lowest BCUT2D eigenvalue weighted by atomic mass is 10.2. The van der Waals surface area contributed by atoms with Crippen LogP contribution in [0.5, 0.6) is 0 Å². The first-order chi connectivity index (χ1) is 9.43. The molecular formula is C13H15ClFIN2OS. The summed E-state index contributed by atoms with van der Waals surface area (Å²) < 4.78 is 27.5. The Balaban J connectivity index is 2.49. The molecular weight excluding hydrogens is 414 g/mol. The van der Waals surface area contributed by atoms with Gasteiger partial charge in [0.05, 0.1) is 20.5 Å². The summed E-state index contributed by atoms with van der Waals surface area (Å²) in [6.07, 6.45) is 2.43. The average Bonchev–Trinajstić information content (AvgIpc) is 2.74. The van der Waals surface area contributed by atoms with E-state index in [2.05, 4.69) is 4.98 Å². The SMILES string of the molecule is CC(CCS(C)=O)n1c(CCl)nc2cc(I)c(F)cc21. The van der Waals surface area contributed by atoms with Gasteiger partial charge in [0.1, 0.15) is 11.6 Å². The Hall–Kier alpha value is -0.210. The average molecular weight is 429 g/mol. The van der Waals surface area contributed by atoms with Crippen molar-refractivity contribution in [3.05, 3.63) is 27.3 Å². The van der Waals surface area contributed by atoms with E-state index in [0.717, 1.165) is 23.3 Å². The summed E-state index contributed by atoms with van der Waals surface area (Å²) in [7, 11) is -0.840. The maximum absolute atomic E-state index is 13.8. The molecule has 1 heterocycles. The fraction of sp³-hybridized carbons (Fsp3) is 0.462. The lowest BCUT2D eigenvalue weighted by Crippen LogP contribution is -2.11. The molecule has 0 fully saturated rings. The number of hydrogen-bond donors (Lipinski definition) is 0. The Labute approximate surface area is 138 Å². The number of halogens is 3. The molecule has 0 saturated heterocycles. The van der Waals surface area contributed by atoms with Gasteiger partial charge in [-0.25, -0.2) is 9.37 Å². The van der Waals surface area contributed by atoms with Crippen LogP contribution >= 0.6 is 34.2 Å². The van der Waals surface area contributed by atoms with Crippen molar-refractivity contribution in [2.75, 3.05) is 12.0 Å². The zero-order valence-corrected chi connectivity index (χ0v) is 14.9. The molecule has 0 N–H and O–H groups in total. The molecule has 0 aliphatic heterocycles. The van der Waals surface area contributed by atoms with E-state index >= 15 is 0 Å². The molecule has 0 radical (unpaired) electrons. The number of hydrogen-bond acceptors (Lipinski definition) is 2. The first kappa shape index (κ1) is 16.2. The van der Waals surface area contributed by atoms with E-state index in [1.165, 1.54) is 6.07 Å². The van der Waals surface area contributed by atoms with Crippen molar-refractivity contribution in [2.24, 2.45) is 0 Å². The molecule has 20 heavy (non-hydrogen) atoms. The fourth-order valence-corrected chi connectivity index (χ4v) is 3.50. The number of aromatic nitrogens is 2. The van der Waals surface area contributed by atoms with Gasteiger partial charge in [-0.15, -0.1) is 11.6 Å². The molecule has 0 aliphatic rings. The smallest absolute Gasteiger partial charge is 0.138 e. The van der Waals surface area contributed by atoms with Crippen molar-refractivity contribution in [1.29, 1.82) is 0 Å². The topological polar surface area (TPSA) is 34.9 Å². The predicted octanol–water partition coefficient (Wildman–Crippen LogP) is 3.85. The Morgan fingerprint density at radius 2 is 2.25 bits per heavy atom. The van der Waals surface area contributed by atoms with Crippen molar-refractivity contribution >= 4 is 56.0 Å². The second kappa shape index (κ2) is 6.70. The van der Waals surface area contributed by atoms with E-state index < -0.39 is 10.8 Å². The normalized spacial score (nSPS) is 14.7. The molecule has 0 bridgehead atoms. The molecule has 0 amide bonds. The highest BCUT2D eigenvalue weighted by Gasteiger charge is 2.17. The van der Waals surface area contributed by atoms with Gasteiger partial charge in [-0.2, -0.15) is 0 Å². The Bertz CT molecular complexity index is 661. The molecule has 0 aliphatic carbocycles. The standard InChI is InChI=1S/C13H15ClFIN2OS/c1-8(3-4-20(2)19)18-12-5-9(15)10(16)6-11(12)17-13(18)7-14/h5-6,8H,3-4,7H2,1-2H3. The van der Waals surface area contributed by atoms with E-state index in [1.54, 1.807) is 12.3 Å². The zero-order valence-electron chi connectivity index (χ0n) is 11.2. The lowest BCUT2D eigenvalue weighted by Gasteiger charge is -2.16. The minimum atomic E-state index is -0.840. The summed E-state index contributed by atoms with van der Waals surface area (Å²) in [5.41, 5.74) is 1.49. The fourth-order valence-electron chi connectivity index (χ4n) is 2.19. The molecule has 2 rings (SSSR count). The third-order valence-corrected chi connectivity index (χ3v) is 5.06. The minimum absolute atomic E-state index is 0.0807. The quantitative estimate of drug-likeness (QED) is 0.536. The molecule has 7 heteroatoms. The van der Waals surface area contributed by atoms with Crippen LogP contribution in [-0.2, 0) is 16.7 Å². The Kier molecular flexibility index (Phi) is 5.42. The molecule has 2 aromatic rings. The van der Waals surface area contributed by atoms with Crippen LogP contribution in [0.4, 0.5) is 4.39 Å². The van der Waals surface area contributed by atoms with Gasteiger partial charge in [0, 0.05) is 34.9 Å². The number of imidazole rings is 1. The van der Waals surface area contributed by atoms with Crippen LogP contribution in [0.1, 0.15) is 25.2 Å². The van der Waals surface area contributed by atoms with Gasteiger partial charge >= 0.3 is 0 Å². The van der Waals surface area contributed by atoms with Crippen molar-refractivity contribution in [3.8, 4) is 0 Å². The molecule has 1 aromatic heterocycles. The van der Waals surface area contributed by atoms with Gasteiger partial charge in [-0.3, -0.25) is 4.21 Å². The van der Waals surface area contributed by atoms with E-state index in [9.17, 15) is 8.60 Å². The van der Waals surface area contributed by atoms with Crippen molar-refractivity contribution in [3.63, 3.8) is 0 Å². The number of fused-ring (bicyclic) bond motifs is 1. The van der Waals surface area contributed by atoms with Crippen LogP contribution in [0.15, 0.2) is 12.1 Å². The van der Waals surface area contributed by atoms with Gasteiger partial charge in [-0.05, 0) is 42.0 Å². The van der Waals surface area contributed by atoms with Crippen LogP contribution < -0.4 is 0 Å². The lowest BCUT2D eigenvalue weighted by molar-refractivity contribution is 0.529. The summed E-state index contributed by atoms with van der Waals surface area (Å²) >= 11 is 7.90. The molecule has 3 nitrogen and oxygen atoms in total. The van der Waals surface area contributed by atoms with Crippen LogP contribution in [-0.4, -0.2) is 25.8 Å². The monoisotopic (exact) mass is 428 g/mol. The molecule has 2 unspecified atom stereocenters. The van der Waals surface area contributed by atoms with E-state index in [0.29, 0.717) is 9.32 Å². The molecule has 1 aromatic carbocycles. The van der Waals surface area contributed by atoms with Crippen LogP contribution in [0.3, 0.4) is 0 Å². The van der Waals surface area contributed by atoms with E-state index in [4.69, 9.17) is 11.6 Å². The third-order valence-electron chi connectivity index (χ3n) is 3.19. The van der Waals surface area contributed by atoms with Crippen LogP contribution in [0.2, 0.25) is 0 Å². The molecule has 110 valence electrons. The van der Waals surface area contributed by atoms with Gasteiger partial charge in [0.2, 0.25) is 0 Å². The number of benzene rings is 1. The second-order valence-electron chi connectivity index (χ2n) is 4.70. The summed E-state index contributed by atoms with van der Waals surface area (Å²) in [6, 6.07) is 3.30. The third kappa shape index (κ3) is 3.33. The Morgan fingerprint density at radius 1 is 1.55 bits per heavy atom.